The lowest BCUT2D eigenvalue weighted by molar-refractivity contribution is 0.0936. The number of aryl methyl sites for hydroxylation is 1. The van der Waals surface area contributed by atoms with Crippen LogP contribution in [0.15, 0.2) is 78.9 Å². The summed E-state index contributed by atoms with van der Waals surface area (Å²) in [6.45, 7) is 3.16. The molecular weight excluding hydrogens is 506 g/mol. The van der Waals surface area contributed by atoms with E-state index in [1.54, 1.807) is 12.1 Å². The summed E-state index contributed by atoms with van der Waals surface area (Å²) in [6.07, 6.45) is 0.768. The number of ether oxygens (including phenoxy) is 4. The molecule has 8 nitrogen and oxygen atoms in total. The molecule has 0 saturated heterocycles. The van der Waals surface area contributed by atoms with Crippen molar-refractivity contribution in [2.75, 3.05) is 27.9 Å². The maximum absolute atomic E-state index is 13.3. The molecule has 1 amide bonds. The third-order valence-corrected chi connectivity index (χ3v) is 6.88. The van der Waals surface area contributed by atoms with Crippen molar-refractivity contribution in [1.29, 1.82) is 0 Å². The van der Waals surface area contributed by atoms with E-state index in [0.29, 0.717) is 36.0 Å². The fraction of sp³-hybridized carbons (Fsp3) is 0.250. The van der Waals surface area contributed by atoms with E-state index in [-0.39, 0.29) is 11.9 Å². The Kier molecular flexibility index (Phi) is 8.05. The third kappa shape index (κ3) is 5.38. The first-order valence-corrected chi connectivity index (χ1v) is 13.2. The molecule has 206 valence electrons. The number of hydrogen-bond acceptors (Lipinski definition) is 6. The van der Waals surface area contributed by atoms with Crippen LogP contribution in [0.5, 0.6) is 23.0 Å². The van der Waals surface area contributed by atoms with Gasteiger partial charge in [0.05, 0.1) is 45.0 Å². The standard InChI is InChI=1S/C32H33N3O5/c1-21(33-32(36)23-19-28(37-2)30(39-4)29(20-23)38-3)31-34-25-14-7-8-15-26(25)35(31)17-10-18-40-27-16-9-12-22-11-5-6-13-24(22)27/h5-9,11-16,19-21H,10,17-18H2,1-4H3,(H,33,36). The normalized spacial score (nSPS) is 11.8. The Morgan fingerprint density at radius 3 is 2.33 bits per heavy atom. The van der Waals surface area contributed by atoms with Crippen LogP contribution in [0.1, 0.15) is 35.6 Å². The van der Waals surface area contributed by atoms with Crippen molar-refractivity contribution in [3.05, 3.63) is 90.3 Å². The van der Waals surface area contributed by atoms with Gasteiger partial charge in [0.1, 0.15) is 11.6 Å². The predicted molar refractivity (Wildman–Crippen MR) is 156 cm³/mol. The van der Waals surface area contributed by atoms with Gasteiger partial charge in [0.15, 0.2) is 11.5 Å². The van der Waals surface area contributed by atoms with Gasteiger partial charge in [-0.05, 0) is 49.1 Å². The second-order valence-electron chi connectivity index (χ2n) is 9.40. The molecule has 0 spiro atoms. The summed E-state index contributed by atoms with van der Waals surface area (Å²) in [4.78, 5) is 18.2. The number of imidazole rings is 1. The van der Waals surface area contributed by atoms with Gasteiger partial charge in [-0.2, -0.15) is 0 Å². The lowest BCUT2D eigenvalue weighted by Crippen LogP contribution is -2.29. The largest absolute Gasteiger partial charge is 0.493 e. The van der Waals surface area contributed by atoms with Gasteiger partial charge < -0.3 is 28.8 Å². The van der Waals surface area contributed by atoms with Crippen LogP contribution in [-0.4, -0.2) is 43.4 Å². The summed E-state index contributed by atoms with van der Waals surface area (Å²) in [6, 6.07) is 25.2. The highest BCUT2D eigenvalue weighted by Gasteiger charge is 2.22. The number of methoxy groups -OCH3 is 3. The molecule has 1 atom stereocenters. The molecule has 0 saturated carbocycles. The van der Waals surface area contributed by atoms with E-state index in [9.17, 15) is 4.79 Å². The molecule has 40 heavy (non-hydrogen) atoms. The Bertz CT molecular complexity index is 1610. The van der Waals surface area contributed by atoms with Crippen LogP contribution in [0.25, 0.3) is 21.8 Å². The van der Waals surface area contributed by atoms with Gasteiger partial charge in [0.25, 0.3) is 5.91 Å². The van der Waals surface area contributed by atoms with Gasteiger partial charge in [-0.1, -0.05) is 48.5 Å². The molecule has 4 aromatic carbocycles. The number of carbonyl (C=O) groups excluding carboxylic acids is 1. The highest BCUT2D eigenvalue weighted by atomic mass is 16.5. The Morgan fingerprint density at radius 1 is 0.875 bits per heavy atom. The van der Waals surface area contributed by atoms with Crippen LogP contribution in [0.3, 0.4) is 0 Å². The van der Waals surface area contributed by atoms with Crippen molar-refractivity contribution in [3.8, 4) is 23.0 Å². The third-order valence-electron chi connectivity index (χ3n) is 6.88. The van der Waals surface area contributed by atoms with E-state index in [1.165, 1.54) is 21.3 Å². The van der Waals surface area contributed by atoms with Gasteiger partial charge in [0.2, 0.25) is 5.75 Å². The Labute approximate surface area is 233 Å². The molecule has 0 aliphatic carbocycles. The monoisotopic (exact) mass is 539 g/mol. The average Bonchev–Trinajstić information content (AvgIpc) is 3.37. The summed E-state index contributed by atoms with van der Waals surface area (Å²) < 4.78 is 24.5. The maximum atomic E-state index is 13.3. The van der Waals surface area contributed by atoms with E-state index in [0.717, 1.165) is 39.8 Å². The first-order valence-electron chi connectivity index (χ1n) is 13.2. The van der Waals surface area contributed by atoms with Crippen molar-refractivity contribution >= 4 is 27.7 Å². The molecule has 1 unspecified atom stereocenters. The zero-order valence-corrected chi connectivity index (χ0v) is 23.1. The van der Waals surface area contributed by atoms with Crippen molar-refractivity contribution in [2.24, 2.45) is 0 Å². The minimum atomic E-state index is -0.363. The van der Waals surface area contributed by atoms with E-state index in [2.05, 4.69) is 28.1 Å². The van der Waals surface area contributed by atoms with Crippen molar-refractivity contribution in [3.63, 3.8) is 0 Å². The zero-order valence-electron chi connectivity index (χ0n) is 23.1. The first kappa shape index (κ1) is 26.9. The molecule has 5 aromatic rings. The second-order valence-corrected chi connectivity index (χ2v) is 9.40. The van der Waals surface area contributed by atoms with Crippen LogP contribution in [0, 0.1) is 0 Å². The molecule has 0 aliphatic rings. The van der Waals surface area contributed by atoms with Crippen LogP contribution in [0.4, 0.5) is 0 Å². The van der Waals surface area contributed by atoms with Gasteiger partial charge in [-0.25, -0.2) is 4.98 Å². The minimum Gasteiger partial charge on any atom is -0.493 e. The number of aromatic nitrogens is 2. The minimum absolute atomic E-state index is 0.273. The van der Waals surface area contributed by atoms with Crippen molar-refractivity contribution in [1.82, 2.24) is 14.9 Å². The summed E-state index contributed by atoms with van der Waals surface area (Å²) in [5, 5.41) is 5.34. The highest BCUT2D eigenvalue weighted by Crippen LogP contribution is 2.38. The number of nitrogens with one attached hydrogen (secondary N) is 1. The van der Waals surface area contributed by atoms with Crippen LogP contribution in [-0.2, 0) is 6.54 Å². The van der Waals surface area contributed by atoms with Crippen LogP contribution >= 0.6 is 0 Å². The van der Waals surface area contributed by atoms with Crippen molar-refractivity contribution < 1.29 is 23.7 Å². The lowest BCUT2D eigenvalue weighted by Gasteiger charge is -2.18. The van der Waals surface area contributed by atoms with Crippen LogP contribution < -0.4 is 24.3 Å². The molecule has 0 radical (unpaired) electrons. The van der Waals surface area contributed by atoms with Gasteiger partial charge in [-0.15, -0.1) is 0 Å². The number of para-hydroxylation sites is 2. The first-order chi connectivity index (χ1) is 19.5. The van der Waals surface area contributed by atoms with E-state index in [4.69, 9.17) is 23.9 Å². The Balaban J connectivity index is 1.33. The number of carbonyl (C=O) groups is 1. The number of nitrogens with zero attached hydrogens (tertiary/aromatic N) is 2. The summed E-state index contributed by atoms with van der Waals surface area (Å²) >= 11 is 0. The fourth-order valence-electron chi connectivity index (χ4n) is 4.94. The number of fused-ring (bicyclic) bond motifs is 2. The van der Waals surface area contributed by atoms with Crippen LogP contribution in [0.2, 0.25) is 0 Å². The summed E-state index contributed by atoms with van der Waals surface area (Å²) in [5.41, 5.74) is 2.28. The maximum Gasteiger partial charge on any atom is 0.252 e. The summed E-state index contributed by atoms with van der Waals surface area (Å²) in [7, 11) is 4.57. The predicted octanol–water partition coefficient (Wildman–Crippen LogP) is 6.18. The number of rotatable bonds is 11. The topological polar surface area (TPSA) is 83.8 Å². The SMILES string of the molecule is COc1cc(C(=O)NC(C)c2nc3ccccc3n2CCCOc2cccc3ccccc23)cc(OC)c1OC. The number of hydrogen-bond donors (Lipinski definition) is 1. The molecule has 0 aliphatic heterocycles. The molecule has 5 rings (SSSR count). The lowest BCUT2D eigenvalue weighted by atomic mass is 10.1. The van der Waals surface area contributed by atoms with Gasteiger partial charge in [0, 0.05) is 17.5 Å². The smallest absolute Gasteiger partial charge is 0.252 e. The van der Waals surface area contributed by atoms with Crippen molar-refractivity contribution in [2.45, 2.75) is 25.9 Å². The quantitative estimate of drug-likeness (QED) is 0.202. The molecular formula is C32H33N3O5. The highest BCUT2D eigenvalue weighted by molar-refractivity contribution is 5.96. The van der Waals surface area contributed by atoms with Gasteiger partial charge in [-0.3, -0.25) is 4.79 Å². The van der Waals surface area contributed by atoms with E-state index >= 15 is 0 Å². The molecule has 8 heteroatoms. The molecule has 1 N–H and O–H groups in total. The molecule has 1 aromatic heterocycles. The second kappa shape index (κ2) is 12.0. The van der Waals surface area contributed by atoms with E-state index in [1.807, 2.05) is 55.5 Å². The number of amides is 1. The average molecular weight is 540 g/mol. The zero-order chi connectivity index (χ0) is 28.1. The van der Waals surface area contributed by atoms with E-state index < -0.39 is 0 Å². The molecule has 1 heterocycles. The molecule has 0 bridgehead atoms. The number of benzene rings is 4. The molecule has 0 fully saturated rings. The summed E-state index contributed by atoms with van der Waals surface area (Å²) in [5.74, 6) is 2.63. The van der Waals surface area contributed by atoms with Gasteiger partial charge >= 0.3 is 0 Å². The Morgan fingerprint density at radius 2 is 1.57 bits per heavy atom. The Hall–Kier alpha value is -4.72. The fourth-order valence-corrected chi connectivity index (χ4v) is 4.94.